The lowest BCUT2D eigenvalue weighted by atomic mass is 10.1. The highest BCUT2D eigenvalue weighted by Crippen LogP contribution is 2.13. The van der Waals surface area contributed by atoms with Gasteiger partial charge in [-0.1, -0.05) is 38.3 Å². The normalized spacial score (nSPS) is 13.7. The average molecular weight is 327 g/mol. The number of carbonyl (C=O) groups excluding carboxylic acids is 1. The maximum absolute atomic E-state index is 11.3. The molecule has 0 radical (unpaired) electrons. The Morgan fingerprint density at radius 1 is 1.18 bits per heavy atom. The fourth-order valence-corrected chi connectivity index (χ4v) is 2.51. The van der Waals surface area contributed by atoms with E-state index in [1.54, 1.807) is 4.90 Å². The van der Waals surface area contributed by atoms with Crippen LogP contribution in [-0.4, -0.2) is 37.2 Å². The van der Waals surface area contributed by atoms with Crippen molar-refractivity contribution >= 4 is 24.2 Å². The number of aryl methyl sites for hydroxylation is 1. The molecule has 1 saturated heterocycles. The lowest BCUT2D eigenvalue weighted by Gasteiger charge is -2.13. The van der Waals surface area contributed by atoms with Crippen LogP contribution in [0.25, 0.3) is 0 Å². The Hall–Kier alpha value is -1.42. The first-order valence-electron chi connectivity index (χ1n) is 8.04. The number of cyclic esters (lactones) is 1. The highest BCUT2D eigenvalue weighted by Gasteiger charge is 2.20. The van der Waals surface area contributed by atoms with Gasteiger partial charge in [-0.05, 0) is 30.5 Å². The van der Waals surface area contributed by atoms with Crippen LogP contribution in [0, 0.1) is 0 Å². The zero-order chi connectivity index (χ0) is 14.9. The van der Waals surface area contributed by atoms with Crippen molar-refractivity contribution in [2.45, 2.75) is 39.0 Å². The van der Waals surface area contributed by atoms with E-state index >= 15 is 0 Å². The fourth-order valence-electron chi connectivity index (χ4n) is 2.51. The molecule has 0 spiro atoms. The van der Waals surface area contributed by atoms with Gasteiger partial charge in [0.1, 0.15) is 6.61 Å². The van der Waals surface area contributed by atoms with Crippen LogP contribution in [0.15, 0.2) is 24.3 Å². The zero-order valence-corrected chi connectivity index (χ0v) is 14.2. The molecule has 0 aliphatic carbocycles. The van der Waals surface area contributed by atoms with Crippen LogP contribution in [0.5, 0.6) is 0 Å². The van der Waals surface area contributed by atoms with Gasteiger partial charge in [-0.2, -0.15) is 0 Å². The van der Waals surface area contributed by atoms with E-state index in [4.69, 9.17) is 4.74 Å². The molecule has 1 N–H and O–H groups in total. The van der Waals surface area contributed by atoms with Crippen LogP contribution >= 0.6 is 12.4 Å². The molecule has 2 rings (SSSR count). The molecule has 0 saturated carbocycles. The van der Waals surface area contributed by atoms with Crippen molar-refractivity contribution in [1.29, 1.82) is 0 Å². The molecule has 1 aliphatic heterocycles. The quantitative estimate of drug-likeness (QED) is 0.695. The molecular weight excluding hydrogens is 300 g/mol. The summed E-state index contributed by atoms with van der Waals surface area (Å²) in [5, 5.41) is 3.35. The first-order valence-corrected chi connectivity index (χ1v) is 8.04. The van der Waals surface area contributed by atoms with Crippen molar-refractivity contribution in [1.82, 2.24) is 4.90 Å². The summed E-state index contributed by atoms with van der Waals surface area (Å²) in [7, 11) is 0. The number of anilines is 1. The van der Waals surface area contributed by atoms with Crippen LogP contribution in [0.1, 0.15) is 38.2 Å². The minimum Gasteiger partial charge on any atom is -0.448 e. The van der Waals surface area contributed by atoms with Crippen molar-refractivity contribution in [3.63, 3.8) is 0 Å². The molecule has 1 aliphatic rings. The maximum Gasteiger partial charge on any atom is 0.409 e. The monoisotopic (exact) mass is 326 g/mol. The van der Waals surface area contributed by atoms with Gasteiger partial charge < -0.3 is 15.0 Å². The summed E-state index contributed by atoms with van der Waals surface area (Å²) in [5.74, 6) is 0. The van der Waals surface area contributed by atoms with E-state index in [0.717, 1.165) is 12.2 Å². The number of rotatable bonds is 9. The minimum absolute atomic E-state index is 0. The van der Waals surface area contributed by atoms with Gasteiger partial charge >= 0.3 is 6.09 Å². The van der Waals surface area contributed by atoms with E-state index in [1.165, 1.54) is 37.7 Å². The predicted octanol–water partition coefficient (Wildman–Crippen LogP) is 4.10. The number of hydrogen-bond acceptors (Lipinski definition) is 3. The molecule has 0 aromatic heterocycles. The Kier molecular flexibility index (Phi) is 8.75. The molecule has 0 bridgehead atoms. The number of unbranched alkanes of at least 4 members (excludes halogenated alkanes) is 3. The van der Waals surface area contributed by atoms with E-state index in [1.807, 2.05) is 0 Å². The second-order valence-corrected chi connectivity index (χ2v) is 5.54. The third-order valence-corrected chi connectivity index (χ3v) is 3.83. The third-order valence-electron chi connectivity index (χ3n) is 3.83. The average Bonchev–Trinajstić information content (AvgIpc) is 2.91. The van der Waals surface area contributed by atoms with Crippen LogP contribution in [-0.2, 0) is 11.2 Å². The molecule has 124 valence electrons. The van der Waals surface area contributed by atoms with Crippen molar-refractivity contribution in [3.8, 4) is 0 Å². The highest BCUT2D eigenvalue weighted by atomic mass is 35.5. The topological polar surface area (TPSA) is 41.6 Å². The number of benzene rings is 1. The van der Waals surface area contributed by atoms with E-state index < -0.39 is 0 Å². The first kappa shape index (κ1) is 18.6. The minimum atomic E-state index is -0.195. The molecule has 1 fully saturated rings. The van der Waals surface area contributed by atoms with Gasteiger partial charge in [-0.3, -0.25) is 0 Å². The second-order valence-electron chi connectivity index (χ2n) is 5.54. The van der Waals surface area contributed by atoms with E-state index in [-0.39, 0.29) is 18.5 Å². The van der Waals surface area contributed by atoms with Crippen LogP contribution in [0.3, 0.4) is 0 Å². The molecule has 0 unspecified atom stereocenters. The molecule has 1 aromatic rings. The second kappa shape index (κ2) is 10.3. The number of hydrogen-bond donors (Lipinski definition) is 1. The molecule has 1 aromatic carbocycles. The molecule has 1 heterocycles. The van der Waals surface area contributed by atoms with Gasteiger partial charge in [-0.15, -0.1) is 12.4 Å². The summed E-state index contributed by atoms with van der Waals surface area (Å²) < 4.78 is 4.90. The van der Waals surface area contributed by atoms with Gasteiger partial charge in [0.15, 0.2) is 0 Å². The Morgan fingerprint density at radius 3 is 2.59 bits per heavy atom. The van der Waals surface area contributed by atoms with E-state index in [2.05, 4.69) is 36.5 Å². The van der Waals surface area contributed by atoms with Crippen LogP contribution in [0.4, 0.5) is 10.5 Å². The standard InChI is InChI=1S/C17H26N2O2.ClH/c1-2-3-4-5-6-15-7-9-16(10-8-15)18-11-12-19-13-14-21-17(19)20;/h7-10,18H,2-6,11-14H2,1H3;1H. The maximum atomic E-state index is 11.3. The predicted molar refractivity (Wildman–Crippen MR) is 92.9 cm³/mol. The van der Waals surface area contributed by atoms with Crippen LogP contribution in [0.2, 0.25) is 0 Å². The van der Waals surface area contributed by atoms with Gasteiger partial charge in [0.05, 0.1) is 6.54 Å². The first-order chi connectivity index (χ1) is 10.3. The smallest absolute Gasteiger partial charge is 0.409 e. The number of ether oxygens (including phenoxy) is 1. The highest BCUT2D eigenvalue weighted by molar-refractivity contribution is 5.85. The third kappa shape index (κ3) is 6.14. The molecule has 5 heteroatoms. The Balaban J connectivity index is 0.00000242. The summed E-state index contributed by atoms with van der Waals surface area (Å²) in [6.45, 7) is 4.91. The van der Waals surface area contributed by atoms with Crippen molar-refractivity contribution in [3.05, 3.63) is 29.8 Å². The fraction of sp³-hybridized carbons (Fsp3) is 0.588. The van der Waals surface area contributed by atoms with Crippen molar-refractivity contribution in [2.75, 3.05) is 31.6 Å². The van der Waals surface area contributed by atoms with E-state index in [9.17, 15) is 4.79 Å². The number of nitrogens with one attached hydrogen (secondary N) is 1. The molecule has 22 heavy (non-hydrogen) atoms. The van der Waals surface area contributed by atoms with Gasteiger partial charge in [0.25, 0.3) is 0 Å². The number of nitrogens with zero attached hydrogens (tertiary/aromatic N) is 1. The summed E-state index contributed by atoms with van der Waals surface area (Å²) >= 11 is 0. The molecule has 4 nitrogen and oxygen atoms in total. The van der Waals surface area contributed by atoms with E-state index in [0.29, 0.717) is 19.7 Å². The van der Waals surface area contributed by atoms with Crippen LogP contribution < -0.4 is 5.32 Å². The Labute approximate surface area is 139 Å². The Bertz CT molecular complexity index is 437. The lowest BCUT2D eigenvalue weighted by Crippen LogP contribution is -2.29. The summed E-state index contributed by atoms with van der Waals surface area (Å²) in [6, 6.07) is 8.63. The summed E-state index contributed by atoms with van der Waals surface area (Å²) in [4.78, 5) is 13.0. The molecular formula is C17H27ClN2O2. The van der Waals surface area contributed by atoms with Crippen molar-refractivity contribution < 1.29 is 9.53 Å². The van der Waals surface area contributed by atoms with Crippen molar-refractivity contribution in [2.24, 2.45) is 0 Å². The number of halogens is 1. The number of amides is 1. The summed E-state index contributed by atoms with van der Waals surface area (Å²) in [5.41, 5.74) is 2.51. The molecule has 1 amide bonds. The lowest BCUT2D eigenvalue weighted by molar-refractivity contribution is 0.159. The van der Waals surface area contributed by atoms with Gasteiger partial charge in [0, 0.05) is 18.8 Å². The van der Waals surface area contributed by atoms with Gasteiger partial charge in [-0.25, -0.2) is 4.79 Å². The Morgan fingerprint density at radius 2 is 1.95 bits per heavy atom. The number of carbonyl (C=O) groups is 1. The zero-order valence-electron chi connectivity index (χ0n) is 13.3. The molecule has 0 atom stereocenters. The largest absolute Gasteiger partial charge is 0.448 e. The van der Waals surface area contributed by atoms with Gasteiger partial charge in [0.2, 0.25) is 0 Å². The summed E-state index contributed by atoms with van der Waals surface area (Å²) in [6.07, 6.45) is 6.19. The SMILES string of the molecule is CCCCCCc1ccc(NCCN2CCOC2=O)cc1.Cl.